The zero-order chi connectivity index (χ0) is 18.4. The highest BCUT2D eigenvalue weighted by Crippen LogP contribution is 2.30. The van der Waals surface area contributed by atoms with Crippen molar-refractivity contribution >= 4 is 45.7 Å². The first-order chi connectivity index (χ1) is 12.7. The molecular formula is C19H18ClN3OS2. The van der Waals surface area contributed by atoms with E-state index in [2.05, 4.69) is 15.5 Å². The van der Waals surface area contributed by atoms with Crippen molar-refractivity contribution in [3.63, 3.8) is 0 Å². The number of carbonyl (C=O) groups excluding carboxylic acids is 1. The largest absolute Gasteiger partial charge is 0.300 e. The summed E-state index contributed by atoms with van der Waals surface area (Å²) in [5.41, 5.74) is 2.13. The van der Waals surface area contributed by atoms with E-state index < -0.39 is 0 Å². The molecule has 0 aliphatic carbocycles. The van der Waals surface area contributed by atoms with Crippen LogP contribution in [0.15, 0.2) is 58.9 Å². The molecule has 0 radical (unpaired) electrons. The van der Waals surface area contributed by atoms with Gasteiger partial charge in [0.25, 0.3) is 0 Å². The van der Waals surface area contributed by atoms with E-state index in [-0.39, 0.29) is 11.8 Å². The minimum atomic E-state index is -0.192. The van der Waals surface area contributed by atoms with Crippen molar-refractivity contribution in [1.82, 2.24) is 10.2 Å². The summed E-state index contributed by atoms with van der Waals surface area (Å²) < 4.78 is 0.813. The lowest BCUT2D eigenvalue weighted by Crippen LogP contribution is -2.20. The molecule has 4 nitrogen and oxygen atoms in total. The van der Waals surface area contributed by atoms with Gasteiger partial charge in [-0.15, -0.1) is 10.2 Å². The molecule has 3 aromatic rings. The lowest BCUT2D eigenvalue weighted by molar-refractivity contribution is -0.117. The van der Waals surface area contributed by atoms with Gasteiger partial charge < -0.3 is 0 Å². The third-order valence-electron chi connectivity index (χ3n) is 3.81. The van der Waals surface area contributed by atoms with E-state index in [4.69, 9.17) is 11.6 Å². The van der Waals surface area contributed by atoms with Crippen molar-refractivity contribution < 1.29 is 4.79 Å². The second-order valence-electron chi connectivity index (χ2n) is 5.65. The Morgan fingerprint density at radius 1 is 1.19 bits per heavy atom. The van der Waals surface area contributed by atoms with Crippen molar-refractivity contribution in [1.29, 1.82) is 0 Å². The zero-order valence-electron chi connectivity index (χ0n) is 14.2. The second kappa shape index (κ2) is 9.16. The standard InChI is InChI=1S/C19H18ClN3OS2/c1-2-16(14-8-4-3-5-9-14)17(24)21-18-22-23-19(26-18)25-12-13-7-6-10-15(20)11-13/h3-11,16H,2,12H2,1H3,(H,21,22,24)/t16-/m1/s1. The van der Waals surface area contributed by atoms with Crippen LogP contribution in [0.2, 0.25) is 5.02 Å². The number of thioether (sulfide) groups is 1. The number of halogens is 1. The van der Waals surface area contributed by atoms with Gasteiger partial charge in [0.1, 0.15) is 0 Å². The van der Waals surface area contributed by atoms with E-state index in [1.54, 1.807) is 11.8 Å². The minimum absolute atomic E-state index is 0.0544. The number of carbonyl (C=O) groups is 1. The van der Waals surface area contributed by atoms with E-state index in [0.717, 1.165) is 32.7 Å². The number of amides is 1. The fourth-order valence-electron chi connectivity index (χ4n) is 2.54. The first kappa shape index (κ1) is 18.9. The van der Waals surface area contributed by atoms with Crippen LogP contribution < -0.4 is 5.32 Å². The molecule has 134 valence electrons. The highest BCUT2D eigenvalue weighted by atomic mass is 35.5. The Morgan fingerprint density at radius 3 is 2.73 bits per heavy atom. The van der Waals surface area contributed by atoms with Crippen molar-refractivity contribution in [3.8, 4) is 0 Å². The molecular weight excluding hydrogens is 386 g/mol. The maximum Gasteiger partial charge on any atom is 0.233 e. The van der Waals surface area contributed by atoms with Gasteiger partial charge in [-0.25, -0.2) is 0 Å². The minimum Gasteiger partial charge on any atom is -0.300 e. The SMILES string of the molecule is CC[C@@H](C(=O)Nc1nnc(SCc2cccc(Cl)c2)s1)c1ccccc1. The maximum absolute atomic E-state index is 12.6. The molecule has 0 fully saturated rings. The average Bonchev–Trinajstić information content (AvgIpc) is 3.09. The lowest BCUT2D eigenvalue weighted by Gasteiger charge is -2.13. The summed E-state index contributed by atoms with van der Waals surface area (Å²) in [6, 6.07) is 17.5. The highest BCUT2D eigenvalue weighted by molar-refractivity contribution is 8.00. The maximum atomic E-state index is 12.6. The third kappa shape index (κ3) is 5.06. The Morgan fingerprint density at radius 2 is 2.00 bits per heavy atom. The fraction of sp³-hybridized carbons (Fsp3) is 0.211. The normalized spacial score (nSPS) is 11.9. The molecule has 0 saturated carbocycles. The van der Waals surface area contributed by atoms with Crippen LogP contribution in [-0.2, 0) is 10.5 Å². The summed E-state index contributed by atoms with van der Waals surface area (Å²) >= 11 is 8.96. The summed E-state index contributed by atoms with van der Waals surface area (Å²) in [6.07, 6.45) is 0.727. The van der Waals surface area contributed by atoms with E-state index in [0.29, 0.717) is 5.13 Å². The second-order valence-corrected chi connectivity index (χ2v) is 8.29. The van der Waals surface area contributed by atoms with Gasteiger partial charge in [0.05, 0.1) is 5.92 Å². The number of aromatic nitrogens is 2. The molecule has 0 bridgehead atoms. The molecule has 0 unspecified atom stereocenters. The number of anilines is 1. The number of nitrogens with one attached hydrogen (secondary N) is 1. The number of nitrogens with zero attached hydrogens (tertiary/aromatic N) is 2. The summed E-state index contributed by atoms with van der Waals surface area (Å²) in [5, 5.41) is 12.4. The first-order valence-electron chi connectivity index (χ1n) is 8.22. The number of rotatable bonds is 7. The van der Waals surface area contributed by atoms with Crippen molar-refractivity contribution in [2.24, 2.45) is 0 Å². The Kier molecular flexibility index (Phi) is 6.66. The quantitative estimate of drug-likeness (QED) is 0.411. The van der Waals surface area contributed by atoms with Gasteiger partial charge in [-0.05, 0) is 29.7 Å². The molecule has 1 N–H and O–H groups in total. The van der Waals surface area contributed by atoms with Crippen LogP contribution in [0.3, 0.4) is 0 Å². The fourth-order valence-corrected chi connectivity index (χ4v) is 4.45. The molecule has 3 rings (SSSR count). The molecule has 1 heterocycles. The number of benzene rings is 2. The molecule has 0 spiro atoms. The predicted molar refractivity (Wildman–Crippen MR) is 109 cm³/mol. The summed E-state index contributed by atoms with van der Waals surface area (Å²) in [5.74, 6) is 0.508. The first-order valence-corrected chi connectivity index (χ1v) is 10.4. The Hall–Kier alpha value is -1.89. The van der Waals surface area contributed by atoms with Crippen LogP contribution in [0.4, 0.5) is 5.13 Å². The predicted octanol–water partition coefficient (Wildman–Crippen LogP) is 5.62. The van der Waals surface area contributed by atoms with Crippen molar-refractivity contribution in [2.45, 2.75) is 29.4 Å². The lowest BCUT2D eigenvalue weighted by atomic mass is 9.96. The topological polar surface area (TPSA) is 54.9 Å². The van der Waals surface area contributed by atoms with Crippen molar-refractivity contribution in [2.75, 3.05) is 5.32 Å². The molecule has 1 atom stereocenters. The molecule has 1 amide bonds. The molecule has 0 aliphatic heterocycles. The van der Waals surface area contributed by atoms with Crippen molar-refractivity contribution in [3.05, 3.63) is 70.7 Å². The molecule has 2 aromatic carbocycles. The average molecular weight is 404 g/mol. The van der Waals surface area contributed by atoms with Gasteiger partial charge in [-0.3, -0.25) is 10.1 Å². The van der Waals surface area contributed by atoms with Crippen LogP contribution in [-0.4, -0.2) is 16.1 Å². The van der Waals surface area contributed by atoms with E-state index in [1.807, 2.05) is 61.5 Å². The van der Waals surface area contributed by atoms with Gasteiger partial charge >= 0.3 is 0 Å². The van der Waals surface area contributed by atoms with E-state index in [1.165, 1.54) is 11.3 Å². The van der Waals surface area contributed by atoms with Gasteiger partial charge in [-0.1, -0.05) is 84.1 Å². The Labute approximate surface area is 166 Å². The summed E-state index contributed by atoms with van der Waals surface area (Å²) in [4.78, 5) is 12.6. The Bertz CT molecular complexity index is 870. The molecule has 7 heteroatoms. The zero-order valence-corrected chi connectivity index (χ0v) is 16.6. The van der Waals surface area contributed by atoms with Gasteiger partial charge in [0.15, 0.2) is 4.34 Å². The van der Waals surface area contributed by atoms with Crippen LogP contribution in [0.25, 0.3) is 0 Å². The van der Waals surface area contributed by atoms with Gasteiger partial charge in [0.2, 0.25) is 11.0 Å². The molecule has 0 aliphatic rings. The van der Waals surface area contributed by atoms with Crippen LogP contribution in [0.5, 0.6) is 0 Å². The van der Waals surface area contributed by atoms with Gasteiger partial charge in [0, 0.05) is 10.8 Å². The molecule has 0 saturated heterocycles. The highest BCUT2D eigenvalue weighted by Gasteiger charge is 2.20. The third-order valence-corrected chi connectivity index (χ3v) is 6.09. The van der Waals surface area contributed by atoms with E-state index in [9.17, 15) is 4.79 Å². The number of hydrogen-bond donors (Lipinski definition) is 1. The molecule has 26 heavy (non-hydrogen) atoms. The Balaban J connectivity index is 1.60. The number of hydrogen-bond acceptors (Lipinski definition) is 5. The smallest absolute Gasteiger partial charge is 0.233 e. The van der Waals surface area contributed by atoms with Crippen LogP contribution in [0.1, 0.15) is 30.4 Å². The van der Waals surface area contributed by atoms with Gasteiger partial charge in [-0.2, -0.15) is 0 Å². The van der Waals surface area contributed by atoms with E-state index >= 15 is 0 Å². The molecule has 1 aromatic heterocycles. The van der Waals surface area contributed by atoms with Crippen LogP contribution >= 0.6 is 34.7 Å². The van der Waals surface area contributed by atoms with Crippen LogP contribution in [0, 0.1) is 0 Å². The summed E-state index contributed by atoms with van der Waals surface area (Å²) in [7, 11) is 0. The monoisotopic (exact) mass is 403 g/mol. The summed E-state index contributed by atoms with van der Waals surface area (Å²) in [6.45, 7) is 2.00.